The second-order valence-electron chi connectivity index (χ2n) is 16.0. The monoisotopic (exact) mass is 591 g/mol. The fraction of sp³-hybridized carbons (Fsp3) is 0.970. The molecule has 0 aromatic rings. The first-order valence-corrected chi connectivity index (χ1v) is 16.9. The predicted octanol–water partition coefficient (Wildman–Crippen LogP) is 1.71. The predicted molar refractivity (Wildman–Crippen MR) is 153 cm³/mol. The Morgan fingerprint density at radius 3 is 2.45 bits per heavy atom. The molecule has 0 bridgehead atoms. The smallest absolute Gasteiger partial charge is 0.186 e. The molecule has 17 atom stereocenters. The first-order valence-electron chi connectivity index (χ1n) is 16.9. The average Bonchev–Trinajstić information content (AvgIpc) is 3.33. The van der Waals surface area contributed by atoms with Crippen LogP contribution in [0.1, 0.15) is 78.6 Å². The molecule has 4 saturated carbocycles. The maximum absolute atomic E-state index is 13.9. The Balaban J connectivity index is 1.07. The fourth-order valence-corrected chi connectivity index (χ4v) is 11.8. The van der Waals surface area contributed by atoms with Gasteiger partial charge in [-0.2, -0.15) is 0 Å². The highest BCUT2D eigenvalue weighted by Gasteiger charge is 2.64. The van der Waals surface area contributed by atoms with E-state index in [1.165, 1.54) is 6.42 Å². The van der Waals surface area contributed by atoms with Gasteiger partial charge in [0.15, 0.2) is 6.29 Å². The molecule has 0 unspecified atom stereocenters. The summed E-state index contributed by atoms with van der Waals surface area (Å²) in [6.07, 6.45) is 1.67. The number of Topliss-reactive ketones (excluding diaryl/α,β-unsaturated/α-hetero) is 1. The van der Waals surface area contributed by atoms with Crippen LogP contribution in [0.4, 0.5) is 0 Å². The van der Waals surface area contributed by atoms with Gasteiger partial charge in [0.05, 0.1) is 18.3 Å². The number of rotatable bonds is 3. The molecule has 0 aromatic carbocycles. The lowest BCUT2D eigenvalue weighted by Gasteiger charge is -2.59. The van der Waals surface area contributed by atoms with E-state index >= 15 is 0 Å². The van der Waals surface area contributed by atoms with Gasteiger partial charge in [0.2, 0.25) is 0 Å². The largest absolute Gasteiger partial charge is 0.394 e. The van der Waals surface area contributed by atoms with Crippen molar-refractivity contribution in [2.75, 3.05) is 19.7 Å². The van der Waals surface area contributed by atoms with Gasteiger partial charge in [-0.05, 0) is 105 Å². The van der Waals surface area contributed by atoms with Crippen LogP contribution in [0.25, 0.3) is 0 Å². The first kappa shape index (κ1) is 30.0. The molecule has 238 valence electrons. The van der Waals surface area contributed by atoms with E-state index in [4.69, 9.17) is 9.47 Å². The topological polar surface area (TPSA) is 140 Å². The van der Waals surface area contributed by atoms with Crippen molar-refractivity contribution in [3.8, 4) is 0 Å². The zero-order chi connectivity index (χ0) is 29.7. The highest BCUT2D eigenvalue weighted by atomic mass is 16.7. The van der Waals surface area contributed by atoms with Crippen LogP contribution in [0.2, 0.25) is 0 Å². The van der Waals surface area contributed by atoms with Gasteiger partial charge in [-0.3, -0.25) is 9.69 Å². The van der Waals surface area contributed by atoms with Gasteiger partial charge < -0.3 is 35.0 Å². The van der Waals surface area contributed by atoms with Gasteiger partial charge in [0, 0.05) is 31.5 Å². The Bertz CT molecular complexity index is 1040. The van der Waals surface area contributed by atoms with Gasteiger partial charge >= 0.3 is 0 Å². The summed E-state index contributed by atoms with van der Waals surface area (Å²) in [5.41, 5.74) is -0.745. The number of hydrogen-bond acceptors (Lipinski definition) is 9. The van der Waals surface area contributed by atoms with Gasteiger partial charge in [-0.1, -0.05) is 13.8 Å². The molecule has 7 rings (SSSR count). The minimum Gasteiger partial charge on any atom is -0.394 e. The molecule has 0 aromatic heterocycles. The van der Waals surface area contributed by atoms with Gasteiger partial charge in [0.1, 0.15) is 30.2 Å². The van der Waals surface area contributed by atoms with E-state index in [9.17, 15) is 30.3 Å². The zero-order valence-electron chi connectivity index (χ0n) is 25.6. The number of ether oxygens (including phenoxy) is 2. The van der Waals surface area contributed by atoms with E-state index in [0.717, 1.165) is 51.6 Å². The van der Waals surface area contributed by atoms with Crippen LogP contribution < -0.4 is 0 Å². The van der Waals surface area contributed by atoms with E-state index in [-0.39, 0.29) is 23.5 Å². The molecule has 9 heteroatoms. The molecular formula is C33H53NO8. The van der Waals surface area contributed by atoms with Crippen LogP contribution in [-0.4, -0.2) is 104 Å². The first-order chi connectivity index (χ1) is 19.9. The van der Waals surface area contributed by atoms with Crippen molar-refractivity contribution in [2.45, 2.75) is 127 Å². The molecule has 7 fully saturated rings. The summed E-state index contributed by atoms with van der Waals surface area (Å²) in [5.74, 6) is 3.79. The summed E-state index contributed by atoms with van der Waals surface area (Å²) in [6, 6.07) is 0.276. The second kappa shape index (κ2) is 10.7. The van der Waals surface area contributed by atoms with Crippen molar-refractivity contribution < 1.29 is 39.8 Å². The third-order valence-electron chi connectivity index (χ3n) is 14.0. The normalized spacial score (nSPS) is 57.9. The summed E-state index contributed by atoms with van der Waals surface area (Å²) < 4.78 is 11.8. The third-order valence-corrected chi connectivity index (χ3v) is 14.0. The summed E-state index contributed by atoms with van der Waals surface area (Å²) in [6.45, 7) is 8.49. The number of piperidine rings is 2. The molecular weight excluding hydrogens is 538 g/mol. The number of aliphatic hydroxyl groups is 5. The number of carbonyl (C=O) groups is 1. The number of aliphatic hydroxyl groups excluding tert-OH is 4. The fourth-order valence-electron chi connectivity index (χ4n) is 11.8. The lowest BCUT2D eigenvalue weighted by molar-refractivity contribution is -0.315. The summed E-state index contributed by atoms with van der Waals surface area (Å²) in [4.78, 5) is 16.5. The molecule has 0 radical (unpaired) electrons. The van der Waals surface area contributed by atoms with E-state index in [1.807, 2.05) is 0 Å². The number of fused-ring (bicyclic) bond motifs is 8. The van der Waals surface area contributed by atoms with Crippen molar-refractivity contribution in [1.82, 2.24) is 4.90 Å². The Kier molecular flexibility index (Phi) is 7.66. The highest BCUT2D eigenvalue weighted by molar-refractivity contribution is 5.83. The summed E-state index contributed by atoms with van der Waals surface area (Å²) in [7, 11) is 0. The maximum atomic E-state index is 13.9. The lowest BCUT2D eigenvalue weighted by atomic mass is 9.51. The van der Waals surface area contributed by atoms with Crippen LogP contribution in [0.5, 0.6) is 0 Å². The van der Waals surface area contributed by atoms with Gasteiger partial charge in [0.25, 0.3) is 0 Å². The van der Waals surface area contributed by atoms with E-state index < -0.39 is 42.9 Å². The molecule has 3 heterocycles. The number of nitrogens with zero attached hydrogens (tertiary/aromatic N) is 1. The highest BCUT2D eigenvalue weighted by Crippen LogP contribution is 2.66. The number of ketones is 1. The van der Waals surface area contributed by atoms with Crippen molar-refractivity contribution in [1.29, 1.82) is 0 Å². The second-order valence-corrected chi connectivity index (χ2v) is 16.0. The van der Waals surface area contributed by atoms with Crippen LogP contribution in [0.3, 0.4) is 0 Å². The summed E-state index contributed by atoms with van der Waals surface area (Å²) >= 11 is 0. The number of carbonyl (C=O) groups excluding carboxylic acids is 1. The molecule has 0 amide bonds. The quantitative estimate of drug-likeness (QED) is 0.310. The Morgan fingerprint density at radius 1 is 0.905 bits per heavy atom. The molecule has 9 nitrogen and oxygen atoms in total. The van der Waals surface area contributed by atoms with Crippen molar-refractivity contribution in [3.63, 3.8) is 0 Å². The molecule has 0 spiro atoms. The molecule has 4 aliphatic carbocycles. The average molecular weight is 592 g/mol. The lowest BCUT2D eigenvalue weighted by Crippen LogP contribution is -2.67. The molecule has 3 saturated heterocycles. The standard InChI is InChI=1S/C33H53NO8/c1-16-4-7-27-33(3,40)22-6-5-18-19(21(22)14-34(27)13-16)11-23-20(18)12-25(36)24-10-17(8-9-32(23,24)2)41-31-30(39)29(38)28(37)26(15-35)42-31/h16-24,26-31,35,37-40H,4-15H2,1-3H3/t16-,17-,18+,19-,20+,21-,22+,23+,24+,26-,27+,28+,29+,30+,31-,32+,33-/m0/s1. The molecule has 3 aliphatic heterocycles. The third kappa shape index (κ3) is 4.50. The van der Waals surface area contributed by atoms with Crippen LogP contribution >= 0.6 is 0 Å². The van der Waals surface area contributed by atoms with Crippen LogP contribution in [0, 0.1) is 52.8 Å². The molecule has 42 heavy (non-hydrogen) atoms. The van der Waals surface area contributed by atoms with E-state index in [2.05, 4.69) is 25.7 Å². The molecule has 7 aliphatic rings. The van der Waals surface area contributed by atoms with Crippen LogP contribution in [0.15, 0.2) is 0 Å². The maximum Gasteiger partial charge on any atom is 0.186 e. The van der Waals surface area contributed by atoms with Crippen molar-refractivity contribution >= 4 is 5.78 Å². The van der Waals surface area contributed by atoms with E-state index in [0.29, 0.717) is 60.1 Å². The van der Waals surface area contributed by atoms with Crippen LogP contribution in [-0.2, 0) is 14.3 Å². The van der Waals surface area contributed by atoms with E-state index in [1.54, 1.807) is 0 Å². The van der Waals surface area contributed by atoms with Crippen molar-refractivity contribution in [2.24, 2.45) is 52.8 Å². The Hall–Kier alpha value is -0.650. The Labute approximate surface area is 249 Å². The zero-order valence-corrected chi connectivity index (χ0v) is 25.6. The van der Waals surface area contributed by atoms with Gasteiger partial charge in [-0.25, -0.2) is 0 Å². The Morgan fingerprint density at radius 2 is 1.69 bits per heavy atom. The van der Waals surface area contributed by atoms with Gasteiger partial charge in [-0.15, -0.1) is 0 Å². The summed E-state index contributed by atoms with van der Waals surface area (Å²) in [5, 5.41) is 52.4. The minimum absolute atomic E-state index is 0.0958. The minimum atomic E-state index is -1.47. The molecule has 5 N–H and O–H groups in total. The SMILES string of the molecule is C[C@H]1CC[C@H]2N(C1)C[C@H]1[C@H]3C[C@@H]4[C@H](CC(=O)[C@H]5C[C@@H](O[C@H]6O[C@@H](CO)[C@@H](O)[C@@H](O)[C@H]6O)CC[C@@]54C)[C@@H]3CC[C@H]1[C@]2(C)O. The van der Waals surface area contributed by atoms with Crippen molar-refractivity contribution in [3.05, 3.63) is 0 Å². The number of hydrogen-bond donors (Lipinski definition) is 5.